The molecule has 2 aliphatic heterocycles. The molecule has 27 heavy (non-hydrogen) atoms. The molecule has 2 fully saturated rings. The monoisotopic (exact) mass is 410 g/mol. The van der Waals surface area contributed by atoms with Gasteiger partial charge < -0.3 is 14.9 Å². The number of hydrogen-bond acceptors (Lipinski definition) is 3. The second-order valence-corrected chi connectivity index (χ2v) is 9.31. The van der Waals surface area contributed by atoms with Crippen molar-refractivity contribution in [1.82, 2.24) is 4.90 Å². The van der Waals surface area contributed by atoms with E-state index in [1.807, 2.05) is 11.0 Å². The number of fused-ring (bicyclic) bond motifs is 3. The van der Waals surface area contributed by atoms with Gasteiger partial charge in [0.2, 0.25) is 5.91 Å². The number of carbonyl (C=O) groups is 1. The SMILES string of the molecule is C[C@@H]1CC2N(C)c3c(ccc(Cl)c3Cl)C2(C2CCCCC2)CN1C(=O)CO. The van der Waals surface area contributed by atoms with Crippen molar-refractivity contribution in [1.29, 1.82) is 0 Å². The van der Waals surface area contributed by atoms with Gasteiger partial charge in [-0.2, -0.15) is 0 Å². The molecule has 1 amide bonds. The Morgan fingerprint density at radius 2 is 1.96 bits per heavy atom. The minimum Gasteiger partial charge on any atom is -0.387 e. The third kappa shape index (κ3) is 2.79. The van der Waals surface area contributed by atoms with Crippen LogP contribution in [0.25, 0.3) is 0 Å². The van der Waals surface area contributed by atoms with Gasteiger partial charge in [0.1, 0.15) is 6.61 Å². The van der Waals surface area contributed by atoms with E-state index in [-0.39, 0.29) is 17.4 Å². The first-order valence-corrected chi connectivity index (χ1v) is 10.8. The number of nitrogens with zero attached hydrogens (tertiary/aromatic N) is 2. The van der Waals surface area contributed by atoms with Crippen molar-refractivity contribution < 1.29 is 9.90 Å². The van der Waals surface area contributed by atoms with E-state index in [2.05, 4.69) is 24.9 Å². The number of amides is 1. The lowest BCUT2D eigenvalue weighted by molar-refractivity contribution is -0.140. The lowest BCUT2D eigenvalue weighted by Crippen LogP contribution is -2.63. The molecule has 1 saturated carbocycles. The van der Waals surface area contributed by atoms with E-state index in [1.165, 1.54) is 37.7 Å². The Balaban J connectivity index is 1.88. The molecule has 4 nitrogen and oxygen atoms in total. The molecule has 1 aromatic rings. The summed E-state index contributed by atoms with van der Waals surface area (Å²) in [4.78, 5) is 16.7. The number of aliphatic hydroxyl groups excluding tert-OH is 1. The normalized spacial score (nSPS) is 31.0. The second-order valence-electron chi connectivity index (χ2n) is 8.52. The van der Waals surface area contributed by atoms with Crippen LogP contribution < -0.4 is 4.90 Å². The van der Waals surface area contributed by atoms with Crippen molar-refractivity contribution >= 4 is 34.8 Å². The number of anilines is 1. The van der Waals surface area contributed by atoms with Crippen molar-refractivity contribution in [2.24, 2.45) is 5.92 Å². The smallest absolute Gasteiger partial charge is 0.248 e. The summed E-state index contributed by atoms with van der Waals surface area (Å²) in [5.74, 6) is 0.339. The second kappa shape index (κ2) is 7.13. The van der Waals surface area contributed by atoms with E-state index in [1.54, 1.807) is 0 Å². The number of rotatable bonds is 2. The zero-order valence-corrected chi connectivity index (χ0v) is 17.6. The first-order chi connectivity index (χ1) is 12.9. The summed E-state index contributed by atoms with van der Waals surface area (Å²) in [6, 6.07) is 4.42. The molecule has 3 atom stereocenters. The number of halogens is 2. The zero-order valence-electron chi connectivity index (χ0n) is 16.0. The Morgan fingerprint density at radius 3 is 2.63 bits per heavy atom. The van der Waals surface area contributed by atoms with E-state index >= 15 is 0 Å². The molecule has 6 heteroatoms. The number of benzene rings is 1. The van der Waals surface area contributed by atoms with Crippen LogP contribution in [0.1, 0.15) is 51.0 Å². The average Bonchev–Trinajstić information content (AvgIpc) is 2.93. The largest absolute Gasteiger partial charge is 0.387 e. The van der Waals surface area contributed by atoms with Gasteiger partial charge in [-0.15, -0.1) is 0 Å². The Kier molecular flexibility index (Phi) is 5.11. The van der Waals surface area contributed by atoms with Gasteiger partial charge in [-0.3, -0.25) is 4.79 Å². The lowest BCUT2D eigenvalue weighted by atomic mass is 9.59. The molecular formula is C21H28Cl2N2O2. The van der Waals surface area contributed by atoms with Crippen LogP contribution in [0.5, 0.6) is 0 Å². The van der Waals surface area contributed by atoms with E-state index in [4.69, 9.17) is 23.2 Å². The van der Waals surface area contributed by atoms with Crippen molar-refractivity contribution in [2.75, 3.05) is 25.1 Å². The van der Waals surface area contributed by atoms with Crippen molar-refractivity contribution in [2.45, 2.75) is 62.9 Å². The summed E-state index contributed by atoms with van der Waals surface area (Å²) in [7, 11) is 2.12. The summed E-state index contributed by atoms with van der Waals surface area (Å²) in [5, 5.41) is 10.7. The summed E-state index contributed by atoms with van der Waals surface area (Å²) in [6.07, 6.45) is 7.00. The summed E-state index contributed by atoms with van der Waals surface area (Å²) < 4.78 is 0. The fourth-order valence-electron chi connectivity index (χ4n) is 6.05. The number of carbonyl (C=O) groups excluding carboxylic acids is 1. The van der Waals surface area contributed by atoms with Crippen LogP contribution >= 0.6 is 23.2 Å². The van der Waals surface area contributed by atoms with Gasteiger partial charge >= 0.3 is 0 Å². The minimum absolute atomic E-state index is 0.0948. The highest BCUT2D eigenvalue weighted by Crippen LogP contribution is 2.58. The minimum atomic E-state index is -0.431. The summed E-state index contributed by atoms with van der Waals surface area (Å²) in [5.41, 5.74) is 2.12. The van der Waals surface area contributed by atoms with Crippen molar-refractivity contribution in [3.63, 3.8) is 0 Å². The summed E-state index contributed by atoms with van der Waals surface area (Å²) >= 11 is 13.0. The predicted octanol–water partition coefficient (Wildman–Crippen LogP) is 4.24. The molecule has 1 aromatic carbocycles. The van der Waals surface area contributed by atoms with E-state index in [9.17, 15) is 9.90 Å². The van der Waals surface area contributed by atoms with Gasteiger partial charge in [0, 0.05) is 31.1 Å². The maximum absolute atomic E-state index is 12.5. The Bertz CT molecular complexity index is 750. The molecule has 2 unspecified atom stereocenters. The molecule has 0 aromatic heterocycles. The van der Waals surface area contributed by atoms with Gasteiger partial charge in [-0.05, 0) is 43.7 Å². The van der Waals surface area contributed by atoms with Crippen molar-refractivity contribution in [3.05, 3.63) is 27.7 Å². The molecule has 0 spiro atoms. The predicted molar refractivity (Wildman–Crippen MR) is 110 cm³/mol. The quantitative estimate of drug-likeness (QED) is 0.792. The van der Waals surface area contributed by atoms with E-state index in [0.717, 1.165) is 12.1 Å². The molecule has 3 aliphatic rings. The molecule has 1 saturated heterocycles. The van der Waals surface area contributed by atoms with Gasteiger partial charge in [0.25, 0.3) is 0 Å². The first kappa shape index (κ1) is 19.4. The molecule has 4 rings (SSSR count). The average molecular weight is 411 g/mol. The zero-order chi connectivity index (χ0) is 19.3. The van der Waals surface area contributed by atoms with Crippen LogP contribution in [0.15, 0.2) is 12.1 Å². The number of aliphatic hydroxyl groups is 1. The maximum atomic E-state index is 12.5. The lowest BCUT2D eigenvalue weighted by Gasteiger charge is -2.53. The van der Waals surface area contributed by atoms with E-state index < -0.39 is 6.61 Å². The molecule has 2 heterocycles. The Hall–Kier alpha value is -0.970. The molecule has 148 valence electrons. The van der Waals surface area contributed by atoms with Gasteiger partial charge in [0.15, 0.2) is 0 Å². The van der Waals surface area contributed by atoms with Gasteiger partial charge in [-0.25, -0.2) is 0 Å². The van der Waals surface area contributed by atoms with Crippen molar-refractivity contribution in [3.8, 4) is 0 Å². The van der Waals surface area contributed by atoms with Crippen LogP contribution in [0.4, 0.5) is 5.69 Å². The number of likely N-dealkylation sites (N-methyl/N-ethyl adjacent to an activating group) is 1. The fourth-order valence-corrected chi connectivity index (χ4v) is 6.50. The van der Waals surface area contributed by atoms with Crippen LogP contribution in [-0.2, 0) is 10.2 Å². The molecular weight excluding hydrogens is 383 g/mol. The third-order valence-electron chi connectivity index (χ3n) is 7.30. The maximum Gasteiger partial charge on any atom is 0.248 e. The van der Waals surface area contributed by atoms with Gasteiger partial charge in [0.05, 0.1) is 15.7 Å². The van der Waals surface area contributed by atoms with Gasteiger partial charge in [-0.1, -0.05) is 48.5 Å². The standard InChI is InChI=1S/C21H28Cl2N2O2/c1-13-10-17-21(12-25(13)18(27)11-26,14-6-4-3-5-7-14)15-8-9-16(22)19(23)20(15)24(17)2/h8-9,13-14,17,26H,3-7,10-12H2,1-2H3/t13-,17?,21?/m1/s1. The van der Waals surface area contributed by atoms with Crippen LogP contribution in [0, 0.1) is 5.92 Å². The highest BCUT2D eigenvalue weighted by Gasteiger charge is 2.59. The summed E-state index contributed by atoms with van der Waals surface area (Å²) in [6.45, 7) is 2.31. The van der Waals surface area contributed by atoms with Crippen LogP contribution in [0.3, 0.4) is 0 Å². The molecule has 0 bridgehead atoms. The molecule has 1 aliphatic carbocycles. The van der Waals surface area contributed by atoms with Crippen LogP contribution in [0.2, 0.25) is 10.0 Å². The molecule has 0 radical (unpaired) electrons. The highest BCUT2D eigenvalue weighted by molar-refractivity contribution is 6.44. The highest BCUT2D eigenvalue weighted by atomic mass is 35.5. The topological polar surface area (TPSA) is 43.8 Å². The third-order valence-corrected chi connectivity index (χ3v) is 8.10. The van der Waals surface area contributed by atoms with E-state index in [0.29, 0.717) is 28.5 Å². The Morgan fingerprint density at radius 1 is 1.26 bits per heavy atom. The number of likely N-dealkylation sites (tertiary alicyclic amines) is 1. The van der Waals surface area contributed by atoms with Crippen LogP contribution in [-0.4, -0.2) is 48.2 Å². The first-order valence-electron chi connectivity index (χ1n) is 10.0. The number of hydrogen-bond donors (Lipinski definition) is 1. The fraction of sp³-hybridized carbons (Fsp3) is 0.667. The molecule has 1 N–H and O–H groups in total. The Labute approximate surface area is 171 Å². The number of piperidine rings is 1.